The van der Waals surface area contributed by atoms with Crippen LogP contribution in [0.3, 0.4) is 0 Å². The molecule has 1 aromatic heterocycles. The molecule has 0 fully saturated rings. The van der Waals surface area contributed by atoms with Crippen molar-refractivity contribution in [3.8, 4) is 0 Å². The van der Waals surface area contributed by atoms with E-state index in [-0.39, 0.29) is 18.7 Å². The number of hydrogen-bond donors (Lipinski definition) is 3. The Bertz CT molecular complexity index is 651. The smallest absolute Gasteiger partial charge is 0.305 e. The molecule has 1 amide bonds. The highest BCUT2D eigenvalue weighted by Crippen LogP contribution is 2.22. The summed E-state index contributed by atoms with van der Waals surface area (Å²) in [5.41, 5.74) is 1.75. The van der Waals surface area contributed by atoms with Gasteiger partial charge in [0.25, 0.3) is 0 Å². The Kier molecular flexibility index (Phi) is 4.29. The van der Waals surface area contributed by atoms with E-state index in [1.54, 1.807) is 25.3 Å². The number of carboxylic acids is 1. The summed E-state index contributed by atoms with van der Waals surface area (Å²) in [6.07, 6.45) is 1.86. The molecule has 1 aromatic carbocycles. The molecule has 0 aliphatic rings. The van der Waals surface area contributed by atoms with Crippen molar-refractivity contribution in [1.29, 1.82) is 0 Å². The summed E-state index contributed by atoms with van der Waals surface area (Å²) in [6, 6.07) is 5.04. The van der Waals surface area contributed by atoms with Gasteiger partial charge >= 0.3 is 5.97 Å². The van der Waals surface area contributed by atoms with Crippen molar-refractivity contribution in [1.82, 2.24) is 10.3 Å². The lowest BCUT2D eigenvalue weighted by Crippen LogP contribution is -2.35. The van der Waals surface area contributed by atoms with Gasteiger partial charge in [-0.15, -0.1) is 0 Å². The van der Waals surface area contributed by atoms with Crippen LogP contribution in [0.1, 0.15) is 18.9 Å². The average molecular weight is 295 g/mol. The minimum Gasteiger partial charge on any atom is -0.481 e. The van der Waals surface area contributed by atoms with Gasteiger partial charge in [0, 0.05) is 28.2 Å². The number of benzene rings is 1. The molecule has 0 aliphatic carbocycles. The normalized spacial score (nSPS) is 12.3. The molecule has 1 heterocycles. The topological polar surface area (TPSA) is 82.2 Å². The molecule has 6 heteroatoms. The zero-order valence-electron chi connectivity index (χ0n) is 10.9. The maximum atomic E-state index is 11.9. The number of hydrogen-bond acceptors (Lipinski definition) is 2. The van der Waals surface area contributed by atoms with Gasteiger partial charge in [0.2, 0.25) is 5.91 Å². The maximum Gasteiger partial charge on any atom is 0.305 e. The number of amides is 1. The molecule has 0 saturated carbocycles. The number of halogens is 1. The Morgan fingerprint density at radius 1 is 1.45 bits per heavy atom. The van der Waals surface area contributed by atoms with Crippen LogP contribution in [0.2, 0.25) is 5.02 Å². The number of aromatic amines is 1. The molecule has 0 radical (unpaired) electrons. The highest BCUT2D eigenvalue weighted by Gasteiger charge is 2.13. The van der Waals surface area contributed by atoms with Crippen molar-refractivity contribution in [2.24, 2.45) is 0 Å². The van der Waals surface area contributed by atoms with Crippen molar-refractivity contribution >= 4 is 34.4 Å². The van der Waals surface area contributed by atoms with E-state index < -0.39 is 12.0 Å². The summed E-state index contributed by atoms with van der Waals surface area (Å²) >= 11 is 5.95. The molecule has 1 unspecified atom stereocenters. The first-order chi connectivity index (χ1) is 9.45. The Morgan fingerprint density at radius 2 is 2.20 bits per heavy atom. The number of aromatic nitrogens is 1. The van der Waals surface area contributed by atoms with E-state index in [1.807, 2.05) is 6.07 Å². The number of H-pyrrole nitrogens is 1. The van der Waals surface area contributed by atoms with Gasteiger partial charge in [0.05, 0.1) is 12.8 Å². The summed E-state index contributed by atoms with van der Waals surface area (Å²) in [6.45, 7) is 1.66. The standard InChI is InChI=1S/C14H15ClN2O3/c1-8(4-14(19)20)17-13(18)5-9-7-16-12-3-2-10(15)6-11(9)12/h2-3,6-8,16H,4-5H2,1H3,(H,17,18)(H,19,20). The SMILES string of the molecule is CC(CC(=O)O)NC(=O)Cc1c[nH]c2ccc(Cl)cc12. The maximum absolute atomic E-state index is 11.9. The first kappa shape index (κ1) is 14.4. The molecule has 0 spiro atoms. The van der Waals surface area contributed by atoms with Crippen LogP contribution >= 0.6 is 11.6 Å². The van der Waals surface area contributed by atoms with Crippen LogP contribution in [-0.4, -0.2) is 28.0 Å². The van der Waals surface area contributed by atoms with Gasteiger partial charge < -0.3 is 15.4 Å². The van der Waals surface area contributed by atoms with E-state index in [0.29, 0.717) is 5.02 Å². The zero-order chi connectivity index (χ0) is 14.7. The molecule has 20 heavy (non-hydrogen) atoms. The van der Waals surface area contributed by atoms with Gasteiger partial charge in [-0.25, -0.2) is 0 Å². The van der Waals surface area contributed by atoms with Crippen LogP contribution in [0, 0.1) is 0 Å². The van der Waals surface area contributed by atoms with Crippen molar-refractivity contribution in [2.75, 3.05) is 0 Å². The zero-order valence-corrected chi connectivity index (χ0v) is 11.7. The third kappa shape index (κ3) is 3.51. The van der Waals surface area contributed by atoms with Crippen molar-refractivity contribution in [2.45, 2.75) is 25.8 Å². The fourth-order valence-electron chi connectivity index (χ4n) is 2.11. The Hall–Kier alpha value is -2.01. The number of rotatable bonds is 5. The van der Waals surface area contributed by atoms with Gasteiger partial charge in [0.1, 0.15) is 0 Å². The summed E-state index contributed by atoms with van der Waals surface area (Å²) < 4.78 is 0. The first-order valence-corrected chi connectivity index (χ1v) is 6.60. The minimum absolute atomic E-state index is 0.0918. The molecule has 0 aliphatic heterocycles. The molecule has 5 nitrogen and oxygen atoms in total. The van der Waals surface area contributed by atoms with Gasteiger partial charge in [-0.3, -0.25) is 9.59 Å². The van der Waals surface area contributed by atoms with Crippen molar-refractivity contribution < 1.29 is 14.7 Å². The molecule has 2 rings (SSSR count). The van der Waals surface area contributed by atoms with Gasteiger partial charge in [-0.1, -0.05) is 11.6 Å². The van der Waals surface area contributed by atoms with Crippen LogP contribution in [0.15, 0.2) is 24.4 Å². The summed E-state index contributed by atoms with van der Waals surface area (Å²) in [4.78, 5) is 25.5. The quantitative estimate of drug-likeness (QED) is 0.791. The van der Waals surface area contributed by atoms with Crippen LogP contribution in [0.25, 0.3) is 10.9 Å². The third-order valence-corrected chi connectivity index (χ3v) is 3.20. The number of aliphatic carboxylic acids is 1. The molecule has 3 N–H and O–H groups in total. The fraction of sp³-hybridized carbons (Fsp3) is 0.286. The monoisotopic (exact) mass is 294 g/mol. The lowest BCUT2D eigenvalue weighted by Gasteiger charge is -2.11. The molecule has 2 aromatic rings. The number of fused-ring (bicyclic) bond motifs is 1. The average Bonchev–Trinajstić information content (AvgIpc) is 2.70. The number of carbonyl (C=O) groups is 2. The number of carboxylic acid groups (broad SMARTS) is 1. The molecule has 0 bridgehead atoms. The molecular formula is C14H15ClN2O3. The minimum atomic E-state index is -0.934. The lowest BCUT2D eigenvalue weighted by atomic mass is 10.1. The van der Waals surface area contributed by atoms with Gasteiger partial charge in [0.15, 0.2) is 0 Å². The molecule has 106 valence electrons. The first-order valence-electron chi connectivity index (χ1n) is 6.22. The predicted molar refractivity (Wildman–Crippen MR) is 76.9 cm³/mol. The second-order valence-electron chi connectivity index (χ2n) is 4.75. The summed E-state index contributed by atoms with van der Waals surface area (Å²) in [7, 11) is 0. The van der Waals surface area contributed by atoms with Gasteiger partial charge in [-0.05, 0) is 30.7 Å². The molecular weight excluding hydrogens is 280 g/mol. The number of carbonyl (C=O) groups excluding carboxylic acids is 1. The lowest BCUT2D eigenvalue weighted by molar-refractivity contribution is -0.137. The highest BCUT2D eigenvalue weighted by molar-refractivity contribution is 6.31. The molecule has 0 saturated heterocycles. The summed E-state index contributed by atoms with van der Waals surface area (Å²) in [5.74, 6) is -1.14. The van der Waals surface area contributed by atoms with Gasteiger partial charge in [-0.2, -0.15) is 0 Å². The Morgan fingerprint density at radius 3 is 2.90 bits per heavy atom. The second kappa shape index (κ2) is 5.96. The Labute approximate surface area is 120 Å². The van der Waals surface area contributed by atoms with E-state index in [4.69, 9.17) is 16.7 Å². The largest absolute Gasteiger partial charge is 0.481 e. The number of nitrogens with one attached hydrogen (secondary N) is 2. The second-order valence-corrected chi connectivity index (χ2v) is 5.18. The molecule has 1 atom stereocenters. The highest BCUT2D eigenvalue weighted by atomic mass is 35.5. The van der Waals surface area contributed by atoms with Crippen LogP contribution in [-0.2, 0) is 16.0 Å². The predicted octanol–water partition coefficient (Wildman–Crippen LogP) is 2.34. The van der Waals surface area contributed by atoms with E-state index in [0.717, 1.165) is 16.5 Å². The summed E-state index contributed by atoms with van der Waals surface area (Å²) in [5, 5.41) is 12.8. The van der Waals surface area contributed by atoms with E-state index in [2.05, 4.69) is 10.3 Å². The Balaban J connectivity index is 2.06. The van der Waals surface area contributed by atoms with Crippen LogP contribution < -0.4 is 5.32 Å². The van der Waals surface area contributed by atoms with Crippen LogP contribution in [0.5, 0.6) is 0 Å². The fourth-order valence-corrected chi connectivity index (χ4v) is 2.28. The van der Waals surface area contributed by atoms with Crippen molar-refractivity contribution in [3.05, 3.63) is 35.0 Å². The van der Waals surface area contributed by atoms with Crippen LogP contribution in [0.4, 0.5) is 0 Å². The van der Waals surface area contributed by atoms with E-state index >= 15 is 0 Å². The van der Waals surface area contributed by atoms with E-state index in [1.165, 1.54) is 0 Å². The third-order valence-electron chi connectivity index (χ3n) is 2.97. The van der Waals surface area contributed by atoms with Crippen molar-refractivity contribution in [3.63, 3.8) is 0 Å². The van der Waals surface area contributed by atoms with E-state index in [9.17, 15) is 9.59 Å².